The number of hydrogen-bond acceptors (Lipinski definition) is 4. The van der Waals surface area contributed by atoms with E-state index < -0.39 is 11.7 Å². The SMILES string of the molecule is COc1cc(/C=C(\C#N)C(=O)Nc2ccc(F)cc2)cc(Cl)c1OCc1ccc(Cl)cc1Cl. The average molecular weight is 506 g/mol. The van der Waals surface area contributed by atoms with Gasteiger partial charge in [0.1, 0.15) is 24.1 Å². The molecule has 0 saturated carbocycles. The fourth-order valence-corrected chi connectivity index (χ4v) is 3.54. The van der Waals surface area contributed by atoms with Crippen LogP contribution in [0.15, 0.2) is 60.2 Å². The molecule has 1 N–H and O–H groups in total. The van der Waals surface area contributed by atoms with Crippen LogP contribution in [-0.2, 0) is 11.4 Å². The molecule has 3 aromatic carbocycles. The molecule has 0 unspecified atom stereocenters. The Balaban J connectivity index is 1.82. The van der Waals surface area contributed by atoms with Crippen molar-refractivity contribution >= 4 is 52.5 Å². The Bertz CT molecular complexity index is 1260. The zero-order chi connectivity index (χ0) is 24.0. The second kappa shape index (κ2) is 11.1. The molecule has 0 bridgehead atoms. The molecule has 33 heavy (non-hydrogen) atoms. The number of carbonyl (C=O) groups excluding carboxylic acids is 1. The number of methoxy groups -OCH3 is 1. The Labute approximate surface area is 204 Å². The summed E-state index contributed by atoms with van der Waals surface area (Å²) in [5.41, 5.74) is 1.31. The van der Waals surface area contributed by atoms with Gasteiger partial charge in [0.15, 0.2) is 11.5 Å². The largest absolute Gasteiger partial charge is 0.493 e. The van der Waals surface area contributed by atoms with E-state index >= 15 is 0 Å². The summed E-state index contributed by atoms with van der Waals surface area (Å²) in [7, 11) is 1.44. The molecule has 1 amide bonds. The topological polar surface area (TPSA) is 71.3 Å². The smallest absolute Gasteiger partial charge is 0.266 e. The molecule has 5 nitrogen and oxygen atoms in total. The van der Waals surface area contributed by atoms with Crippen molar-refractivity contribution in [2.75, 3.05) is 12.4 Å². The molecule has 0 aliphatic rings. The third-order valence-electron chi connectivity index (χ3n) is 4.42. The number of ether oxygens (including phenoxy) is 2. The fourth-order valence-electron chi connectivity index (χ4n) is 2.80. The number of amides is 1. The molecule has 0 saturated heterocycles. The van der Waals surface area contributed by atoms with Crippen LogP contribution < -0.4 is 14.8 Å². The van der Waals surface area contributed by atoms with Crippen molar-refractivity contribution in [2.24, 2.45) is 0 Å². The normalized spacial score (nSPS) is 11.0. The van der Waals surface area contributed by atoms with Gasteiger partial charge in [-0.3, -0.25) is 4.79 Å². The maximum Gasteiger partial charge on any atom is 0.266 e. The summed E-state index contributed by atoms with van der Waals surface area (Å²) in [6.07, 6.45) is 1.35. The Kier molecular flexibility index (Phi) is 8.18. The predicted molar refractivity (Wildman–Crippen MR) is 127 cm³/mol. The summed E-state index contributed by atoms with van der Waals surface area (Å²) >= 11 is 18.5. The number of nitrogens with zero attached hydrogens (tertiary/aromatic N) is 1. The zero-order valence-corrected chi connectivity index (χ0v) is 19.4. The number of hydrogen-bond donors (Lipinski definition) is 1. The minimum Gasteiger partial charge on any atom is -0.493 e. The number of halogens is 4. The molecule has 0 radical (unpaired) electrons. The van der Waals surface area contributed by atoms with Crippen molar-refractivity contribution in [2.45, 2.75) is 6.61 Å². The van der Waals surface area contributed by atoms with E-state index in [1.165, 1.54) is 43.5 Å². The quantitative estimate of drug-likeness (QED) is 0.279. The van der Waals surface area contributed by atoms with Crippen LogP contribution in [0.25, 0.3) is 6.08 Å². The Morgan fingerprint density at radius 3 is 2.45 bits per heavy atom. The van der Waals surface area contributed by atoms with E-state index in [1.54, 1.807) is 24.3 Å². The average Bonchev–Trinajstić information content (AvgIpc) is 2.78. The molecule has 3 rings (SSSR count). The fraction of sp³-hybridized carbons (Fsp3) is 0.0833. The van der Waals surface area contributed by atoms with Gasteiger partial charge in [-0.25, -0.2) is 4.39 Å². The molecule has 3 aromatic rings. The van der Waals surface area contributed by atoms with Gasteiger partial charge in [0.2, 0.25) is 0 Å². The number of benzene rings is 3. The van der Waals surface area contributed by atoms with Gasteiger partial charge in [-0.2, -0.15) is 5.26 Å². The van der Waals surface area contributed by atoms with Crippen molar-refractivity contribution in [3.05, 3.63) is 92.2 Å². The predicted octanol–water partition coefficient (Wildman–Crippen LogP) is 6.92. The number of nitriles is 1. The summed E-state index contributed by atoms with van der Waals surface area (Å²) in [5.74, 6) is -0.519. The highest BCUT2D eigenvalue weighted by Gasteiger charge is 2.15. The number of rotatable bonds is 7. The summed E-state index contributed by atoms with van der Waals surface area (Å²) in [6.45, 7) is 0.116. The molecule has 0 spiro atoms. The van der Waals surface area contributed by atoms with Gasteiger partial charge in [-0.15, -0.1) is 0 Å². The van der Waals surface area contributed by atoms with Crippen molar-refractivity contribution in [1.82, 2.24) is 0 Å². The number of nitrogens with one attached hydrogen (secondary N) is 1. The summed E-state index contributed by atoms with van der Waals surface area (Å²) < 4.78 is 24.2. The van der Waals surface area contributed by atoms with Gasteiger partial charge < -0.3 is 14.8 Å². The van der Waals surface area contributed by atoms with Gasteiger partial charge in [0.25, 0.3) is 5.91 Å². The highest BCUT2D eigenvalue weighted by Crippen LogP contribution is 2.38. The van der Waals surface area contributed by atoms with Crippen LogP contribution in [-0.4, -0.2) is 13.0 Å². The molecule has 0 atom stereocenters. The highest BCUT2D eigenvalue weighted by molar-refractivity contribution is 6.35. The summed E-state index contributed by atoms with van der Waals surface area (Å²) in [4.78, 5) is 12.4. The van der Waals surface area contributed by atoms with E-state index in [2.05, 4.69) is 5.32 Å². The van der Waals surface area contributed by atoms with Gasteiger partial charge in [-0.1, -0.05) is 40.9 Å². The van der Waals surface area contributed by atoms with Crippen molar-refractivity contribution in [3.8, 4) is 17.6 Å². The summed E-state index contributed by atoms with van der Waals surface area (Å²) in [5, 5.41) is 13.1. The van der Waals surface area contributed by atoms with E-state index in [4.69, 9.17) is 44.3 Å². The Morgan fingerprint density at radius 2 is 1.82 bits per heavy atom. The van der Waals surface area contributed by atoms with Crippen LogP contribution >= 0.6 is 34.8 Å². The third-order valence-corrected chi connectivity index (χ3v) is 5.28. The van der Waals surface area contributed by atoms with E-state index in [9.17, 15) is 14.4 Å². The molecule has 0 aliphatic heterocycles. The molecule has 0 heterocycles. The lowest BCUT2D eigenvalue weighted by atomic mass is 10.1. The molecular formula is C24H16Cl3FN2O3. The van der Waals surface area contributed by atoms with Crippen molar-refractivity contribution in [1.29, 1.82) is 5.26 Å². The Morgan fingerprint density at radius 1 is 1.09 bits per heavy atom. The molecule has 168 valence electrons. The third kappa shape index (κ3) is 6.39. The van der Waals surface area contributed by atoms with Gasteiger partial charge in [0.05, 0.1) is 12.1 Å². The molecule has 0 aromatic heterocycles. The maximum atomic E-state index is 13.0. The number of carbonyl (C=O) groups is 1. The van der Waals surface area contributed by atoms with Crippen LogP contribution in [0.4, 0.5) is 10.1 Å². The van der Waals surface area contributed by atoms with Crippen LogP contribution in [0.5, 0.6) is 11.5 Å². The first-order chi connectivity index (χ1) is 15.8. The first-order valence-corrected chi connectivity index (χ1v) is 10.6. The van der Waals surface area contributed by atoms with Gasteiger partial charge >= 0.3 is 0 Å². The second-order valence-corrected chi connectivity index (χ2v) is 7.94. The molecule has 0 aliphatic carbocycles. The lowest BCUT2D eigenvalue weighted by molar-refractivity contribution is -0.112. The standard InChI is InChI=1S/C24H16Cl3FN2O3/c1-32-22-10-14(8-16(12-29)24(31)30-19-6-4-18(28)5-7-19)9-21(27)23(22)33-13-15-2-3-17(25)11-20(15)26/h2-11H,13H2,1H3,(H,30,31)/b16-8+. The summed E-state index contributed by atoms with van der Waals surface area (Å²) in [6, 6.07) is 15.2. The van der Waals surface area contributed by atoms with Crippen LogP contribution in [0, 0.1) is 17.1 Å². The Hall–Kier alpha value is -3.24. The van der Waals surface area contributed by atoms with Crippen LogP contribution in [0.3, 0.4) is 0 Å². The maximum absolute atomic E-state index is 13.0. The lowest BCUT2D eigenvalue weighted by Crippen LogP contribution is -2.13. The van der Waals surface area contributed by atoms with Gasteiger partial charge in [0, 0.05) is 21.3 Å². The minimum atomic E-state index is -0.656. The monoisotopic (exact) mass is 504 g/mol. The lowest BCUT2D eigenvalue weighted by Gasteiger charge is -2.14. The van der Waals surface area contributed by atoms with Crippen LogP contribution in [0.1, 0.15) is 11.1 Å². The molecule has 0 fully saturated rings. The van der Waals surface area contributed by atoms with Crippen molar-refractivity contribution < 1.29 is 18.7 Å². The highest BCUT2D eigenvalue weighted by atomic mass is 35.5. The van der Waals surface area contributed by atoms with Crippen LogP contribution in [0.2, 0.25) is 15.1 Å². The first kappa shape index (κ1) is 24.4. The molecular weight excluding hydrogens is 490 g/mol. The van der Waals surface area contributed by atoms with Crippen molar-refractivity contribution in [3.63, 3.8) is 0 Å². The second-order valence-electron chi connectivity index (χ2n) is 6.69. The molecule has 9 heteroatoms. The van der Waals surface area contributed by atoms with E-state index in [0.29, 0.717) is 32.6 Å². The van der Waals surface area contributed by atoms with Gasteiger partial charge in [-0.05, 0) is 60.2 Å². The van der Waals surface area contributed by atoms with E-state index in [0.717, 1.165) is 0 Å². The van der Waals surface area contributed by atoms with E-state index in [1.807, 2.05) is 6.07 Å². The first-order valence-electron chi connectivity index (χ1n) is 9.43. The minimum absolute atomic E-state index is 0.116. The van der Waals surface area contributed by atoms with E-state index in [-0.39, 0.29) is 23.0 Å². The zero-order valence-electron chi connectivity index (χ0n) is 17.2. The number of anilines is 1.